The second kappa shape index (κ2) is 30.3. The highest BCUT2D eigenvalue weighted by Gasteiger charge is 2.50. The first-order valence-electron chi connectivity index (χ1n) is 26.2. The molecule has 3 fully saturated rings. The van der Waals surface area contributed by atoms with Crippen LogP contribution < -0.4 is 26.6 Å². The lowest BCUT2D eigenvalue weighted by atomic mass is 9.96. The molecule has 3 saturated heterocycles. The van der Waals surface area contributed by atoms with Crippen molar-refractivity contribution >= 4 is 41.4 Å². The number of benzene rings is 1. The maximum Gasteiger partial charge on any atom is 0.248 e. The van der Waals surface area contributed by atoms with E-state index in [0.29, 0.717) is 12.8 Å². The van der Waals surface area contributed by atoms with Crippen LogP contribution in [0.15, 0.2) is 48.6 Å². The predicted molar refractivity (Wildman–Crippen MR) is 271 cm³/mol. The fraction of sp³-hybridized carbons (Fsp3) is 0.673. The molecule has 23 nitrogen and oxygen atoms in total. The van der Waals surface area contributed by atoms with Crippen LogP contribution in [0.2, 0.25) is 0 Å². The number of amides is 7. The fourth-order valence-electron chi connectivity index (χ4n) is 9.39. The van der Waals surface area contributed by atoms with Gasteiger partial charge >= 0.3 is 0 Å². The van der Waals surface area contributed by atoms with Gasteiger partial charge in [-0.1, -0.05) is 82.4 Å². The summed E-state index contributed by atoms with van der Waals surface area (Å²) >= 11 is 0. The summed E-state index contributed by atoms with van der Waals surface area (Å²) < 4.78 is 0. The van der Waals surface area contributed by atoms with E-state index >= 15 is 0 Å². The Kier molecular flexibility index (Phi) is 25.0. The van der Waals surface area contributed by atoms with E-state index in [2.05, 4.69) is 57.8 Å². The Bertz CT molecular complexity index is 2110. The Morgan fingerprint density at radius 1 is 0.680 bits per heavy atom. The number of hydrogen-bond acceptors (Lipinski definition) is 16. The normalized spacial score (nSPS) is 29.4. The number of nitrogens with one attached hydrogen (secondary N) is 5. The number of carbonyl (C=O) groups excluding carboxylic acids is 7. The van der Waals surface area contributed by atoms with Crippen LogP contribution in [0.1, 0.15) is 129 Å². The van der Waals surface area contributed by atoms with Crippen molar-refractivity contribution in [3.63, 3.8) is 0 Å². The first kappa shape index (κ1) is 62.0. The van der Waals surface area contributed by atoms with E-state index in [1.807, 2.05) is 0 Å². The van der Waals surface area contributed by atoms with E-state index in [1.165, 1.54) is 38.3 Å². The lowest BCUT2D eigenvalue weighted by Crippen LogP contribution is -2.64. The summed E-state index contributed by atoms with van der Waals surface area (Å²) in [6.45, 7) is 4.97. The third kappa shape index (κ3) is 18.0. The van der Waals surface area contributed by atoms with Gasteiger partial charge in [-0.05, 0) is 70.1 Å². The van der Waals surface area contributed by atoms with Crippen molar-refractivity contribution in [3.05, 3.63) is 54.1 Å². The summed E-state index contributed by atoms with van der Waals surface area (Å²) in [6.07, 6.45) is 2.50. The second-order valence-electron chi connectivity index (χ2n) is 20.1. The van der Waals surface area contributed by atoms with Crippen molar-refractivity contribution < 1.29 is 79.5 Å². The summed E-state index contributed by atoms with van der Waals surface area (Å²) in [4.78, 5) is 100. The number of carbonyl (C=O) groups is 7. The quantitative estimate of drug-likeness (QED) is 0.0531. The number of nitrogens with zero attached hydrogens (tertiary/aromatic N) is 2. The van der Waals surface area contributed by atoms with E-state index in [9.17, 15) is 79.5 Å². The van der Waals surface area contributed by atoms with Crippen LogP contribution in [0.3, 0.4) is 0 Å². The molecular weight excluding hydrogens is 979 g/mol. The van der Waals surface area contributed by atoms with Gasteiger partial charge in [-0.3, -0.25) is 33.6 Å². The summed E-state index contributed by atoms with van der Waals surface area (Å²) in [5.41, 5.74) is -0.0614. The molecule has 3 aliphatic rings. The monoisotopic (exact) mass is 1060 g/mol. The van der Waals surface area contributed by atoms with Crippen molar-refractivity contribution in [1.82, 2.24) is 36.4 Å². The van der Waals surface area contributed by atoms with Crippen LogP contribution in [0.4, 0.5) is 0 Å². The largest absolute Gasteiger partial charge is 0.508 e. The lowest BCUT2D eigenvalue weighted by molar-refractivity contribution is -0.148. The number of aliphatic hydroxyl groups is 8. The molecule has 0 aromatic heterocycles. The highest BCUT2D eigenvalue weighted by atomic mass is 16.3. The van der Waals surface area contributed by atoms with Gasteiger partial charge in [-0.25, -0.2) is 0 Å². The molecule has 7 amide bonds. The lowest BCUT2D eigenvalue weighted by Gasteiger charge is -2.34. The van der Waals surface area contributed by atoms with E-state index < -0.39 is 152 Å². The Balaban J connectivity index is 1.62. The second-order valence-corrected chi connectivity index (χ2v) is 20.1. The molecule has 3 heterocycles. The van der Waals surface area contributed by atoms with Crippen molar-refractivity contribution in [3.8, 4) is 5.75 Å². The van der Waals surface area contributed by atoms with Gasteiger partial charge in [0.25, 0.3) is 0 Å². The Labute approximate surface area is 437 Å². The van der Waals surface area contributed by atoms with Gasteiger partial charge in [0.05, 0.1) is 24.4 Å². The molecule has 1 aromatic carbocycles. The van der Waals surface area contributed by atoms with E-state index in [4.69, 9.17) is 0 Å². The number of phenolic OH excluding ortho intramolecular Hbond substituents is 1. The van der Waals surface area contributed by atoms with Gasteiger partial charge in [-0.2, -0.15) is 0 Å². The van der Waals surface area contributed by atoms with Crippen molar-refractivity contribution in [2.24, 2.45) is 5.92 Å². The van der Waals surface area contributed by atoms with Crippen molar-refractivity contribution in [1.29, 1.82) is 0 Å². The summed E-state index contributed by atoms with van der Waals surface area (Å²) in [5.74, 6) is -8.97. The first-order valence-corrected chi connectivity index (χ1v) is 26.2. The van der Waals surface area contributed by atoms with Crippen molar-refractivity contribution in [2.75, 3.05) is 13.1 Å². The van der Waals surface area contributed by atoms with E-state index in [0.717, 1.165) is 74.3 Å². The van der Waals surface area contributed by atoms with Crippen LogP contribution in [-0.4, -0.2) is 189 Å². The van der Waals surface area contributed by atoms with Crippen LogP contribution in [0, 0.1) is 5.92 Å². The molecular formula is C52H81N7O16. The molecule has 0 saturated carbocycles. The van der Waals surface area contributed by atoms with Crippen LogP contribution >= 0.6 is 0 Å². The molecule has 0 spiro atoms. The first-order chi connectivity index (χ1) is 35.6. The Morgan fingerprint density at radius 2 is 1.24 bits per heavy atom. The molecule has 14 N–H and O–H groups in total. The molecule has 23 heteroatoms. The maximum absolute atomic E-state index is 14.3. The molecule has 420 valence electrons. The van der Waals surface area contributed by atoms with Crippen LogP contribution in [-0.2, 0) is 33.6 Å². The average Bonchev–Trinajstić information content (AvgIpc) is 3.91. The third-order valence-corrected chi connectivity index (χ3v) is 13.9. The molecule has 1 aromatic rings. The van der Waals surface area contributed by atoms with Crippen LogP contribution in [0.5, 0.6) is 5.75 Å². The zero-order valence-electron chi connectivity index (χ0n) is 43.4. The Morgan fingerprint density at radius 3 is 1.85 bits per heavy atom. The van der Waals surface area contributed by atoms with E-state index in [-0.39, 0.29) is 24.3 Å². The van der Waals surface area contributed by atoms with E-state index in [1.54, 1.807) is 0 Å². The molecule has 4 rings (SSSR count). The zero-order chi connectivity index (χ0) is 55.5. The van der Waals surface area contributed by atoms with Gasteiger partial charge in [0.1, 0.15) is 60.3 Å². The topological polar surface area (TPSA) is 368 Å². The minimum absolute atomic E-state index is 0.0614. The summed E-state index contributed by atoms with van der Waals surface area (Å²) in [5, 5.41) is 110. The maximum atomic E-state index is 14.3. The number of aliphatic hydroxyl groups excluding tert-OH is 8. The number of phenols is 1. The number of rotatable bonds is 20. The summed E-state index contributed by atoms with van der Waals surface area (Å²) in [6, 6.07) is -6.61. The molecule has 0 unspecified atom stereocenters. The zero-order valence-corrected chi connectivity index (χ0v) is 43.4. The fourth-order valence-corrected chi connectivity index (χ4v) is 9.39. The minimum atomic E-state index is -2.27. The molecule has 15 atom stereocenters. The Hall–Kier alpha value is -5.53. The average molecular weight is 1060 g/mol. The summed E-state index contributed by atoms with van der Waals surface area (Å²) in [7, 11) is 0. The number of aromatic hydroxyl groups is 1. The number of fused-ring (bicyclic) bond motifs is 2. The van der Waals surface area contributed by atoms with Gasteiger partial charge in [-0.15, -0.1) is 0 Å². The number of hydrogen-bond donors (Lipinski definition) is 14. The van der Waals surface area contributed by atoms with Crippen molar-refractivity contribution in [2.45, 2.75) is 203 Å². The van der Waals surface area contributed by atoms with Gasteiger partial charge in [0.2, 0.25) is 41.4 Å². The molecule has 3 aliphatic heterocycles. The van der Waals surface area contributed by atoms with Gasteiger partial charge in [0, 0.05) is 38.3 Å². The molecule has 0 radical (unpaired) electrons. The van der Waals surface area contributed by atoms with Gasteiger partial charge in [0.15, 0.2) is 6.23 Å². The SMILES string of the molecule is CCCCC/C=C/C/C=C/CCCCCCCC(=O)N[C@@H]1C[C@@H](O)[C@@H](O)NC(=O)[C@@H]2[C@@H](O)[C@@H](C)CN2C(=O)[C@H]([C@@H](C)O)NC(=O)[C@H]([C@H](O)[C@@H](O)c2ccc(O)cc2)NC(=O)[C@@H]2C[C@@H](O)CN2C(=O)[C@H]([C@@H](C)O)NC1=O. The smallest absolute Gasteiger partial charge is 0.248 e. The van der Waals surface area contributed by atoms with Crippen LogP contribution in [0.25, 0.3) is 0 Å². The highest BCUT2D eigenvalue weighted by Crippen LogP contribution is 2.28. The molecule has 75 heavy (non-hydrogen) atoms. The standard InChI is InChI=1S/C52H81N7O16/c1-5-6-7-8-9-10-11-12-13-14-15-16-17-18-19-20-38(65)53-35-26-37(64)48(71)57-50(73)42-43(66)29(2)27-59(42)52(75)40(31(4)61)55-49(72)41(45(68)44(67)32-21-23-33(62)24-22-32)56-47(70)36-25-34(63)28-58(36)51(74)39(30(3)60)54-46(35)69/h9-10,12-13,21-24,29-31,34-37,39-45,48,60-64,66-68,71H,5-8,11,14-20,25-28H2,1-4H3,(H,53,65)(H,54,69)(H,55,72)(H,56,70)(H,57,73)/b10-9+,13-12+/t29-,30+,31+,34+,35+,36-,37+,39-,40-,41-,42-,43-,44-,45-,48+/m0/s1. The molecule has 0 bridgehead atoms. The third-order valence-electron chi connectivity index (χ3n) is 13.9. The minimum Gasteiger partial charge on any atom is -0.508 e. The number of allylic oxidation sites excluding steroid dienone is 4. The molecule has 0 aliphatic carbocycles. The number of unbranched alkanes of at least 4 members (excludes halogenated alkanes) is 8. The van der Waals surface area contributed by atoms with Gasteiger partial charge < -0.3 is 82.3 Å². The predicted octanol–water partition coefficient (Wildman–Crippen LogP) is -1.33. The highest BCUT2D eigenvalue weighted by molar-refractivity contribution is 5.98.